The van der Waals surface area contributed by atoms with Crippen molar-refractivity contribution >= 4 is 22.4 Å². The van der Waals surface area contributed by atoms with Crippen LogP contribution >= 0.6 is 0 Å². The first-order chi connectivity index (χ1) is 6.70. The maximum Gasteiger partial charge on any atom is 0.135 e. The van der Waals surface area contributed by atoms with E-state index in [1.807, 2.05) is 32.2 Å². The quantitative estimate of drug-likeness (QED) is 0.712. The molecule has 0 atom stereocenters. The molecule has 4 nitrogen and oxygen atoms in total. The summed E-state index contributed by atoms with van der Waals surface area (Å²) in [5, 5.41) is 3.95. The normalized spacial score (nSPS) is 10.4. The third-order valence-electron chi connectivity index (χ3n) is 2.13. The van der Waals surface area contributed by atoms with Crippen molar-refractivity contribution in [3.63, 3.8) is 0 Å². The van der Waals surface area contributed by atoms with E-state index >= 15 is 0 Å². The Balaban J connectivity index is 2.75. The number of fused-ring (bicyclic) bond motifs is 1. The molecule has 0 aliphatic heterocycles. The van der Waals surface area contributed by atoms with Crippen LogP contribution in [0.1, 0.15) is 5.82 Å². The predicted molar refractivity (Wildman–Crippen MR) is 58.2 cm³/mol. The highest BCUT2D eigenvalue weighted by molar-refractivity contribution is 5.90. The fraction of sp³-hybridized carbons (Fsp3) is 0.200. The molecular weight excluding hydrogens is 176 g/mol. The lowest BCUT2D eigenvalue weighted by Gasteiger charge is -2.04. The molecule has 0 unspecified atom stereocenters. The van der Waals surface area contributed by atoms with Gasteiger partial charge in [0.2, 0.25) is 0 Å². The van der Waals surface area contributed by atoms with Crippen molar-refractivity contribution < 1.29 is 0 Å². The summed E-state index contributed by atoms with van der Waals surface area (Å²) in [4.78, 5) is 8.42. The van der Waals surface area contributed by atoms with E-state index in [-0.39, 0.29) is 0 Å². The second-order valence-corrected chi connectivity index (χ2v) is 3.14. The summed E-state index contributed by atoms with van der Waals surface area (Å²) in [5.74, 6) is 1.23. The number of nitrogens with two attached hydrogens (primary N) is 1. The van der Waals surface area contributed by atoms with Gasteiger partial charge >= 0.3 is 0 Å². The van der Waals surface area contributed by atoms with E-state index in [9.17, 15) is 0 Å². The van der Waals surface area contributed by atoms with Crippen molar-refractivity contribution in [2.24, 2.45) is 0 Å². The second kappa shape index (κ2) is 3.14. The molecule has 0 amide bonds. The minimum Gasteiger partial charge on any atom is -0.388 e. The zero-order valence-electron chi connectivity index (χ0n) is 8.20. The van der Waals surface area contributed by atoms with Crippen molar-refractivity contribution in [2.75, 3.05) is 18.1 Å². The zero-order chi connectivity index (χ0) is 10.1. The van der Waals surface area contributed by atoms with Crippen LogP contribution in [0, 0.1) is 6.92 Å². The van der Waals surface area contributed by atoms with Crippen molar-refractivity contribution in [1.29, 1.82) is 0 Å². The van der Waals surface area contributed by atoms with Gasteiger partial charge in [-0.15, -0.1) is 0 Å². The molecule has 0 radical (unpaired) electrons. The maximum atomic E-state index is 5.78. The van der Waals surface area contributed by atoms with Crippen LogP contribution in [0.3, 0.4) is 0 Å². The summed E-state index contributed by atoms with van der Waals surface area (Å²) < 4.78 is 0. The highest BCUT2D eigenvalue weighted by atomic mass is 14.9. The van der Waals surface area contributed by atoms with Gasteiger partial charge in [-0.2, -0.15) is 0 Å². The average molecular weight is 188 g/mol. The molecule has 0 saturated carbocycles. The zero-order valence-corrected chi connectivity index (χ0v) is 8.20. The first kappa shape index (κ1) is 8.74. The first-order valence-corrected chi connectivity index (χ1v) is 4.42. The maximum absolute atomic E-state index is 5.78. The van der Waals surface area contributed by atoms with Crippen LogP contribution in [-0.2, 0) is 0 Å². The highest BCUT2D eigenvalue weighted by Gasteiger charge is 2.02. The first-order valence-electron chi connectivity index (χ1n) is 4.42. The number of anilines is 2. The Labute approximate surface area is 82.2 Å². The lowest BCUT2D eigenvalue weighted by Crippen LogP contribution is -1.98. The van der Waals surface area contributed by atoms with Gasteiger partial charge in [-0.1, -0.05) is 0 Å². The molecule has 14 heavy (non-hydrogen) atoms. The summed E-state index contributed by atoms with van der Waals surface area (Å²) in [5.41, 5.74) is 7.68. The van der Waals surface area contributed by atoms with E-state index in [1.54, 1.807) is 0 Å². The van der Waals surface area contributed by atoms with Gasteiger partial charge in [0, 0.05) is 18.1 Å². The Hall–Kier alpha value is -1.84. The molecule has 0 fully saturated rings. The molecule has 2 aromatic rings. The summed E-state index contributed by atoms with van der Waals surface area (Å²) in [6, 6.07) is 5.84. The van der Waals surface area contributed by atoms with Crippen molar-refractivity contribution in [1.82, 2.24) is 9.97 Å². The monoisotopic (exact) mass is 188 g/mol. The number of nitrogens with one attached hydrogen (secondary N) is 1. The number of nitrogens with zero attached hydrogens (tertiary/aromatic N) is 2. The van der Waals surface area contributed by atoms with E-state index < -0.39 is 0 Å². The Morgan fingerprint density at radius 1 is 1.29 bits per heavy atom. The smallest absolute Gasteiger partial charge is 0.135 e. The highest BCUT2D eigenvalue weighted by Crippen LogP contribution is 2.20. The molecule has 0 saturated heterocycles. The summed E-state index contributed by atoms with van der Waals surface area (Å²) >= 11 is 0. The molecule has 0 spiro atoms. The molecule has 72 valence electrons. The number of nitrogen functional groups attached to an aromatic ring is 1. The minimum absolute atomic E-state index is 0.537. The van der Waals surface area contributed by atoms with Gasteiger partial charge in [-0.25, -0.2) is 9.97 Å². The van der Waals surface area contributed by atoms with Gasteiger partial charge in [-0.05, 0) is 25.1 Å². The van der Waals surface area contributed by atoms with Gasteiger partial charge in [0.25, 0.3) is 0 Å². The predicted octanol–water partition coefficient (Wildman–Crippen LogP) is 1.56. The van der Waals surface area contributed by atoms with E-state index in [4.69, 9.17) is 5.73 Å². The molecule has 4 heteroatoms. The molecule has 1 aromatic carbocycles. The number of rotatable bonds is 1. The third kappa shape index (κ3) is 1.35. The molecule has 3 N–H and O–H groups in total. The van der Waals surface area contributed by atoms with Crippen molar-refractivity contribution in [3.05, 3.63) is 24.0 Å². The molecule has 1 heterocycles. The number of aryl methyl sites for hydroxylation is 1. The molecule has 0 aliphatic rings. The summed E-state index contributed by atoms with van der Waals surface area (Å²) in [6.07, 6.45) is 0. The average Bonchev–Trinajstić information content (AvgIpc) is 2.16. The molecular formula is C10H12N4. The van der Waals surface area contributed by atoms with E-state index in [2.05, 4.69) is 15.3 Å². The third-order valence-corrected chi connectivity index (χ3v) is 2.13. The number of aromatic nitrogens is 2. The molecule has 0 aliphatic carbocycles. The molecule has 1 aromatic heterocycles. The summed E-state index contributed by atoms with van der Waals surface area (Å²) in [7, 11) is 1.87. The molecule has 2 rings (SSSR count). The Bertz CT molecular complexity index is 479. The largest absolute Gasteiger partial charge is 0.388 e. The minimum atomic E-state index is 0.537. The molecule has 0 bridgehead atoms. The van der Waals surface area contributed by atoms with Gasteiger partial charge in [0.1, 0.15) is 11.6 Å². The number of hydrogen-bond donors (Lipinski definition) is 2. The van der Waals surface area contributed by atoms with Crippen LogP contribution in [0.5, 0.6) is 0 Å². The lowest BCUT2D eigenvalue weighted by atomic mass is 10.2. The van der Waals surface area contributed by atoms with Gasteiger partial charge in [0.15, 0.2) is 0 Å². The Kier molecular flexibility index (Phi) is 1.96. The second-order valence-electron chi connectivity index (χ2n) is 3.14. The van der Waals surface area contributed by atoms with Crippen LogP contribution in [0.4, 0.5) is 11.5 Å². The Morgan fingerprint density at radius 3 is 2.79 bits per heavy atom. The lowest BCUT2D eigenvalue weighted by molar-refractivity contribution is 1.10. The Morgan fingerprint density at radius 2 is 2.07 bits per heavy atom. The fourth-order valence-electron chi connectivity index (χ4n) is 1.43. The van der Waals surface area contributed by atoms with Crippen LogP contribution in [0.25, 0.3) is 10.9 Å². The fourth-order valence-corrected chi connectivity index (χ4v) is 1.43. The van der Waals surface area contributed by atoms with Crippen molar-refractivity contribution in [2.45, 2.75) is 6.92 Å². The van der Waals surface area contributed by atoms with Crippen LogP contribution < -0.4 is 11.1 Å². The van der Waals surface area contributed by atoms with Gasteiger partial charge in [0.05, 0.1) is 5.52 Å². The van der Waals surface area contributed by atoms with Crippen LogP contribution in [0.2, 0.25) is 0 Å². The van der Waals surface area contributed by atoms with E-state index in [0.717, 1.165) is 16.6 Å². The van der Waals surface area contributed by atoms with E-state index in [0.29, 0.717) is 11.6 Å². The number of benzene rings is 1. The van der Waals surface area contributed by atoms with Gasteiger partial charge < -0.3 is 11.1 Å². The SMILES string of the molecule is CNc1ccc2c(N)nc(C)nc2c1. The van der Waals surface area contributed by atoms with Crippen molar-refractivity contribution in [3.8, 4) is 0 Å². The number of hydrogen-bond acceptors (Lipinski definition) is 4. The van der Waals surface area contributed by atoms with Gasteiger partial charge in [-0.3, -0.25) is 0 Å². The van der Waals surface area contributed by atoms with Crippen LogP contribution in [0.15, 0.2) is 18.2 Å². The topological polar surface area (TPSA) is 63.8 Å². The summed E-state index contributed by atoms with van der Waals surface area (Å²) in [6.45, 7) is 1.84. The van der Waals surface area contributed by atoms with Crippen LogP contribution in [-0.4, -0.2) is 17.0 Å². The van der Waals surface area contributed by atoms with E-state index in [1.165, 1.54) is 0 Å². The standard InChI is InChI=1S/C10H12N4/c1-6-13-9-5-7(12-2)3-4-8(9)10(11)14-6/h3-5,12H,1-2H3,(H2,11,13,14).